The summed E-state index contributed by atoms with van der Waals surface area (Å²) in [5.41, 5.74) is 0.630. The van der Waals surface area contributed by atoms with Crippen molar-refractivity contribution >= 4 is 12.0 Å². The topological polar surface area (TPSA) is 60.9 Å². The molecule has 0 bridgehead atoms. The fourth-order valence-electron chi connectivity index (χ4n) is 5.33. The summed E-state index contributed by atoms with van der Waals surface area (Å²) in [7, 11) is 0. The summed E-state index contributed by atoms with van der Waals surface area (Å²) in [5.74, 6) is 0.907. The second-order valence-electron chi connectivity index (χ2n) is 9.77. The normalized spacial score (nSPS) is 25.6. The van der Waals surface area contributed by atoms with Gasteiger partial charge in [0, 0.05) is 30.6 Å². The van der Waals surface area contributed by atoms with E-state index in [4.69, 9.17) is 0 Å². The first-order valence-corrected chi connectivity index (χ1v) is 10.5. The van der Waals surface area contributed by atoms with Crippen molar-refractivity contribution in [2.24, 2.45) is 17.8 Å². The Morgan fingerprint density at radius 2 is 1.75 bits per heavy atom. The Kier molecular flexibility index (Phi) is 5.74. The molecular formula is C23H34N2O3. The summed E-state index contributed by atoms with van der Waals surface area (Å²) in [5, 5.41) is 9.82. The van der Waals surface area contributed by atoms with E-state index in [1.54, 1.807) is 4.90 Å². The molecule has 2 aliphatic rings. The van der Waals surface area contributed by atoms with Gasteiger partial charge < -0.3 is 14.9 Å². The third-order valence-electron chi connectivity index (χ3n) is 6.48. The molecule has 3 rings (SSSR count). The minimum atomic E-state index is -0.854. The molecule has 1 aromatic carbocycles. The van der Waals surface area contributed by atoms with Crippen molar-refractivity contribution in [3.63, 3.8) is 0 Å². The highest BCUT2D eigenvalue weighted by atomic mass is 16.4. The van der Waals surface area contributed by atoms with E-state index in [0.717, 1.165) is 24.9 Å². The maximum Gasteiger partial charge on any atom is 0.407 e. The quantitative estimate of drug-likeness (QED) is 0.832. The number of nitrogens with zero attached hydrogens (tertiary/aromatic N) is 2. The van der Waals surface area contributed by atoms with Gasteiger partial charge in [0.25, 0.3) is 0 Å². The molecule has 28 heavy (non-hydrogen) atoms. The van der Waals surface area contributed by atoms with Crippen LogP contribution in [0.1, 0.15) is 58.9 Å². The van der Waals surface area contributed by atoms with Gasteiger partial charge >= 0.3 is 6.09 Å². The standard InChI is InChI=1S/C23H34N2O3/c1-15(2)20(16-9-7-6-8-10-16)21(26)24-13-17-11-12-19(18(17)14-24)25(22(27)28)23(3,4)5/h6-10,15,17-20H,11-14H2,1-5H3,(H,27,28)/t17-,18+,19+,20?/m1/s1. The number of rotatable bonds is 4. The van der Waals surface area contributed by atoms with Crippen molar-refractivity contribution in [1.29, 1.82) is 0 Å². The van der Waals surface area contributed by atoms with Crippen LogP contribution in [0.3, 0.4) is 0 Å². The molecule has 1 aromatic rings. The van der Waals surface area contributed by atoms with Gasteiger partial charge in [0.2, 0.25) is 5.91 Å². The van der Waals surface area contributed by atoms with E-state index in [0.29, 0.717) is 12.5 Å². The van der Waals surface area contributed by atoms with Crippen molar-refractivity contribution in [2.75, 3.05) is 13.1 Å². The largest absolute Gasteiger partial charge is 0.465 e. The smallest absolute Gasteiger partial charge is 0.407 e. The second kappa shape index (κ2) is 7.76. The lowest BCUT2D eigenvalue weighted by Crippen LogP contribution is -2.53. The molecule has 1 saturated heterocycles. The minimum absolute atomic E-state index is 0.00507. The van der Waals surface area contributed by atoms with E-state index in [-0.39, 0.29) is 29.7 Å². The molecule has 0 radical (unpaired) electrons. The lowest BCUT2D eigenvalue weighted by atomic mass is 9.87. The Bertz CT molecular complexity index is 710. The fraction of sp³-hybridized carbons (Fsp3) is 0.652. The zero-order chi connectivity index (χ0) is 20.6. The van der Waals surface area contributed by atoms with E-state index >= 15 is 0 Å². The molecule has 5 heteroatoms. The van der Waals surface area contributed by atoms with Gasteiger partial charge in [-0.3, -0.25) is 4.79 Å². The van der Waals surface area contributed by atoms with Crippen LogP contribution in [0.2, 0.25) is 0 Å². The number of hydrogen-bond donors (Lipinski definition) is 1. The van der Waals surface area contributed by atoms with Gasteiger partial charge in [0.1, 0.15) is 0 Å². The molecule has 154 valence electrons. The lowest BCUT2D eigenvalue weighted by Gasteiger charge is -2.40. The van der Waals surface area contributed by atoms with Crippen LogP contribution >= 0.6 is 0 Å². The van der Waals surface area contributed by atoms with Crippen LogP contribution in [0.15, 0.2) is 30.3 Å². The van der Waals surface area contributed by atoms with E-state index in [2.05, 4.69) is 13.8 Å². The highest BCUT2D eigenvalue weighted by molar-refractivity contribution is 5.84. The van der Waals surface area contributed by atoms with Crippen molar-refractivity contribution in [3.05, 3.63) is 35.9 Å². The summed E-state index contributed by atoms with van der Waals surface area (Å²) >= 11 is 0. The number of hydrogen-bond acceptors (Lipinski definition) is 2. The molecule has 1 N–H and O–H groups in total. The van der Waals surface area contributed by atoms with Gasteiger partial charge in [-0.1, -0.05) is 44.2 Å². The van der Waals surface area contributed by atoms with E-state index < -0.39 is 11.6 Å². The SMILES string of the molecule is CC(C)C(C(=O)N1C[C@H]2CC[C@H](N(C(=O)O)C(C)(C)C)[C@H]2C1)c1ccccc1. The Morgan fingerprint density at radius 3 is 2.29 bits per heavy atom. The van der Waals surface area contributed by atoms with Crippen LogP contribution in [-0.2, 0) is 4.79 Å². The number of benzene rings is 1. The highest BCUT2D eigenvalue weighted by Gasteiger charge is 2.50. The summed E-state index contributed by atoms with van der Waals surface area (Å²) < 4.78 is 0. The zero-order valence-electron chi connectivity index (χ0n) is 17.8. The number of likely N-dealkylation sites (tertiary alicyclic amines) is 1. The first kappa shape index (κ1) is 20.7. The zero-order valence-corrected chi connectivity index (χ0v) is 17.8. The van der Waals surface area contributed by atoms with Gasteiger partial charge in [0.05, 0.1) is 5.92 Å². The Hall–Kier alpha value is -2.04. The third-order valence-corrected chi connectivity index (χ3v) is 6.48. The van der Waals surface area contributed by atoms with E-state index in [1.165, 1.54) is 0 Å². The number of carbonyl (C=O) groups is 2. The van der Waals surface area contributed by atoms with E-state index in [9.17, 15) is 14.7 Å². The van der Waals surface area contributed by atoms with Crippen LogP contribution in [-0.4, -0.2) is 51.6 Å². The molecule has 5 nitrogen and oxygen atoms in total. The Labute approximate surface area is 168 Å². The summed E-state index contributed by atoms with van der Waals surface area (Å²) in [6.45, 7) is 11.5. The van der Waals surface area contributed by atoms with Gasteiger partial charge in [-0.05, 0) is 51.0 Å². The first-order valence-electron chi connectivity index (χ1n) is 10.5. The van der Waals surface area contributed by atoms with Crippen LogP contribution in [0.5, 0.6) is 0 Å². The lowest BCUT2D eigenvalue weighted by molar-refractivity contribution is -0.133. The first-order chi connectivity index (χ1) is 13.1. The monoisotopic (exact) mass is 386 g/mol. The number of fused-ring (bicyclic) bond motifs is 1. The summed E-state index contributed by atoms with van der Waals surface area (Å²) in [6, 6.07) is 10.0. The molecule has 1 aliphatic carbocycles. The van der Waals surface area contributed by atoms with E-state index in [1.807, 2.05) is 56.0 Å². The maximum absolute atomic E-state index is 13.4. The van der Waals surface area contributed by atoms with Gasteiger partial charge in [-0.2, -0.15) is 0 Å². The van der Waals surface area contributed by atoms with Crippen LogP contribution in [0, 0.1) is 17.8 Å². The molecule has 2 fully saturated rings. The highest BCUT2D eigenvalue weighted by Crippen LogP contribution is 2.43. The average molecular weight is 387 g/mol. The molecule has 2 amide bonds. The summed E-state index contributed by atoms with van der Waals surface area (Å²) in [6.07, 6.45) is 1.04. The van der Waals surface area contributed by atoms with Gasteiger partial charge in [-0.15, -0.1) is 0 Å². The molecule has 1 aliphatic heterocycles. The van der Waals surface area contributed by atoms with Crippen LogP contribution < -0.4 is 0 Å². The number of carboxylic acid groups (broad SMARTS) is 1. The third kappa shape index (κ3) is 3.89. The summed E-state index contributed by atoms with van der Waals surface area (Å²) in [4.78, 5) is 29.0. The molecule has 0 aromatic heterocycles. The molecule has 0 spiro atoms. The predicted octanol–water partition coefficient (Wildman–Crippen LogP) is 4.44. The molecule has 1 heterocycles. The van der Waals surface area contributed by atoms with Crippen molar-refractivity contribution in [1.82, 2.24) is 9.80 Å². The van der Waals surface area contributed by atoms with Crippen molar-refractivity contribution in [2.45, 2.75) is 65.0 Å². The Balaban J connectivity index is 1.79. The maximum atomic E-state index is 13.4. The van der Waals surface area contributed by atoms with Gasteiger partial charge in [0.15, 0.2) is 0 Å². The minimum Gasteiger partial charge on any atom is -0.465 e. The van der Waals surface area contributed by atoms with Crippen molar-refractivity contribution in [3.8, 4) is 0 Å². The number of carbonyl (C=O) groups excluding carboxylic acids is 1. The van der Waals surface area contributed by atoms with Crippen LogP contribution in [0.4, 0.5) is 4.79 Å². The fourth-order valence-corrected chi connectivity index (χ4v) is 5.33. The van der Waals surface area contributed by atoms with Crippen molar-refractivity contribution < 1.29 is 14.7 Å². The average Bonchev–Trinajstić information content (AvgIpc) is 3.16. The second-order valence-corrected chi connectivity index (χ2v) is 9.77. The van der Waals surface area contributed by atoms with Gasteiger partial charge in [-0.25, -0.2) is 4.79 Å². The molecule has 1 saturated carbocycles. The molecule has 4 atom stereocenters. The molecule has 1 unspecified atom stereocenters. The predicted molar refractivity (Wildman–Crippen MR) is 110 cm³/mol. The Morgan fingerprint density at radius 1 is 1.11 bits per heavy atom. The van der Waals surface area contributed by atoms with Crippen LogP contribution in [0.25, 0.3) is 0 Å². The number of amides is 2. The molecular weight excluding hydrogens is 352 g/mol.